The lowest BCUT2D eigenvalue weighted by Crippen LogP contribution is -2.75. The molecule has 0 aromatic carbocycles. The van der Waals surface area contributed by atoms with Gasteiger partial charge in [0.1, 0.15) is 12.1 Å². The molecule has 0 aromatic heterocycles. The van der Waals surface area contributed by atoms with Crippen LogP contribution in [0, 0.1) is 28.6 Å². The van der Waals surface area contributed by atoms with Crippen LogP contribution in [-0.4, -0.2) is 92.2 Å². The molecule has 43 heavy (non-hydrogen) atoms. The second-order valence-corrected chi connectivity index (χ2v) is 12.9. The van der Waals surface area contributed by atoms with Gasteiger partial charge < -0.3 is 39.3 Å². The first-order valence-electron chi connectivity index (χ1n) is 14.3. The van der Waals surface area contributed by atoms with E-state index >= 15 is 0 Å². The van der Waals surface area contributed by atoms with E-state index in [9.17, 15) is 29.1 Å². The monoisotopic (exact) mass is 605 g/mol. The van der Waals surface area contributed by atoms with Crippen LogP contribution in [0.4, 0.5) is 0 Å². The lowest BCUT2D eigenvalue weighted by atomic mass is 9.38. The Kier molecular flexibility index (Phi) is 7.86. The number of nitrogens with two attached hydrogens (primary N) is 1. The van der Waals surface area contributed by atoms with Crippen molar-refractivity contribution in [3.05, 3.63) is 23.0 Å². The molecule has 0 radical (unpaired) electrons. The average Bonchev–Trinajstić information content (AvgIpc) is 3.17. The van der Waals surface area contributed by atoms with Crippen LogP contribution in [0.2, 0.25) is 0 Å². The maximum absolute atomic E-state index is 13.6. The Morgan fingerprint density at radius 1 is 1.19 bits per heavy atom. The topological polar surface area (TPSA) is 187 Å². The summed E-state index contributed by atoms with van der Waals surface area (Å²) in [4.78, 5) is 66.0. The van der Waals surface area contributed by atoms with Gasteiger partial charge in [-0.3, -0.25) is 4.79 Å². The molecule has 5 aliphatic rings. The highest BCUT2D eigenvalue weighted by atomic mass is 16.6. The summed E-state index contributed by atoms with van der Waals surface area (Å²) in [5, 5.41) is 11.8. The molecule has 2 unspecified atom stereocenters. The predicted molar refractivity (Wildman–Crippen MR) is 144 cm³/mol. The van der Waals surface area contributed by atoms with Crippen LogP contribution in [0.15, 0.2) is 23.0 Å². The molecular formula is C30H39NO12. The largest absolute Gasteiger partial charge is 0.467 e. The van der Waals surface area contributed by atoms with E-state index in [0.717, 1.165) is 0 Å². The summed E-state index contributed by atoms with van der Waals surface area (Å²) in [7, 11) is 2.57. The van der Waals surface area contributed by atoms with Gasteiger partial charge in [-0.05, 0) is 44.1 Å². The Balaban J connectivity index is 1.62. The molecule has 13 nitrogen and oxygen atoms in total. The Hall–Kier alpha value is -3.13. The van der Waals surface area contributed by atoms with Gasteiger partial charge in [0.05, 0.1) is 32.3 Å². The summed E-state index contributed by atoms with van der Waals surface area (Å²) in [6.45, 7) is 6.73. The molecule has 2 aliphatic heterocycles. The van der Waals surface area contributed by atoms with Crippen molar-refractivity contribution >= 4 is 29.7 Å². The molecule has 2 saturated carbocycles. The summed E-state index contributed by atoms with van der Waals surface area (Å²) in [5.74, 6) is -6.08. The van der Waals surface area contributed by atoms with Crippen molar-refractivity contribution < 1.29 is 57.5 Å². The standard InChI is InChI=1S/C30H39NO12/c1-13(2)7-20(34)42-22-24-29-12-40-30(24,27(37)39-6)10-18(33)23(29)28(4)9-17(32)21(43-25(35)16(31)11-38-5)14(3)15(28)8-19(29)41-26(22)36/h7,15-16,18-19,22-24,33H,8-12,31H2,1-6H3/t15?,16-,18-,19+,22+,23?,24+,28-,29+,30+/m0/s1. The summed E-state index contributed by atoms with van der Waals surface area (Å²) >= 11 is 0. The highest BCUT2D eigenvalue weighted by Gasteiger charge is 2.82. The summed E-state index contributed by atoms with van der Waals surface area (Å²) in [5.41, 5.74) is 3.01. The number of esters is 4. The fraction of sp³-hybridized carbons (Fsp3) is 0.700. The molecule has 5 rings (SSSR count). The van der Waals surface area contributed by atoms with Gasteiger partial charge in [0.15, 0.2) is 17.1 Å². The van der Waals surface area contributed by atoms with Gasteiger partial charge in [0.25, 0.3) is 0 Å². The van der Waals surface area contributed by atoms with Gasteiger partial charge in [-0.2, -0.15) is 0 Å². The second kappa shape index (κ2) is 10.8. The summed E-state index contributed by atoms with van der Waals surface area (Å²) in [6, 6.07) is -1.10. The Morgan fingerprint density at radius 2 is 1.88 bits per heavy atom. The number of aliphatic hydroxyl groups excluding tert-OH is 1. The Labute approximate surface area is 249 Å². The zero-order chi connectivity index (χ0) is 31.6. The molecule has 3 aliphatic carbocycles. The second-order valence-electron chi connectivity index (χ2n) is 12.9. The van der Waals surface area contributed by atoms with Crippen LogP contribution in [0.3, 0.4) is 0 Å². The molecule has 10 atom stereocenters. The van der Waals surface area contributed by atoms with E-state index in [2.05, 4.69) is 0 Å². The van der Waals surface area contributed by atoms with Gasteiger partial charge in [0, 0.05) is 37.4 Å². The van der Waals surface area contributed by atoms with Crippen LogP contribution in [0.1, 0.15) is 47.0 Å². The van der Waals surface area contributed by atoms with Gasteiger partial charge in [0.2, 0.25) is 6.10 Å². The van der Waals surface area contributed by atoms with Crippen molar-refractivity contribution in [1.82, 2.24) is 0 Å². The van der Waals surface area contributed by atoms with Gasteiger partial charge in [-0.15, -0.1) is 0 Å². The molecule has 13 heteroatoms. The van der Waals surface area contributed by atoms with E-state index in [1.54, 1.807) is 20.8 Å². The van der Waals surface area contributed by atoms with E-state index in [4.69, 9.17) is 34.2 Å². The molecule has 4 fully saturated rings. The highest BCUT2D eigenvalue weighted by Crippen LogP contribution is 2.72. The summed E-state index contributed by atoms with van der Waals surface area (Å²) < 4.78 is 33.5. The number of carbonyl (C=O) groups is 5. The fourth-order valence-electron chi connectivity index (χ4n) is 8.84. The van der Waals surface area contributed by atoms with E-state index in [1.165, 1.54) is 20.3 Å². The first-order valence-corrected chi connectivity index (χ1v) is 14.3. The van der Waals surface area contributed by atoms with Crippen molar-refractivity contribution in [2.45, 2.75) is 76.9 Å². The maximum atomic E-state index is 13.6. The number of carbonyl (C=O) groups excluding carboxylic acids is 5. The molecular weight excluding hydrogens is 566 g/mol. The van der Waals surface area contributed by atoms with E-state index < -0.39 is 88.2 Å². The third-order valence-electron chi connectivity index (χ3n) is 10.2. The van der Waals surface area contributed by atoms with Crippen LogP contribution >= 0.6 is 0 Å². The number of hydrogen-bond acceptors (Lipinski definition) is 13. The number of ether oxygens (including phenoxy) is 6. The number of allylic oxidation sites excluding steroid dienone is 3. The van der Waals surface area contributed by atoms with Gasteiger partial charge in [-0.1, -0.05) is 12.5 Å². The smallest absolute Gasteiger partial charge is 0.348 e. The van der Waals surface area contributed by atoms with Crippen LogP contribution in [0.25, 0.3) is 0 Å². The molecule has 1 spiro atoms. The van der Waals surface area contributed by atoms with Crippen molar-refractivity contribution in [2.75, 3.05) is 27.4 Å². The van der Waals surface area contributed by atoms with Crippen LogP contribution in [-0.2, 0) is 52.4 Å². The maximum Gasteiger partial charge on any atom is 0.348 e. The average molecular weight is 606 g/mol. The van der Waals surface area contributed by atoms with Crippen LogP contribution in [0.5, 0.6) is 0 Å². The minimum atomic E-state index is -1.79. The number of aliphatic hydroxyl groups is 1. The van der Waals surface area contributed by atoms with Gasteiger partial charge in [-0.25, -0.2) is 19.2 Å². The highest BCUT2D eigenvalue weighted by molar-refractivity contribution is 5.98. The molecule has 0 amide bonds. The molecule has 2 heterocycles. The van der Waals surface area contributed by atoms with Crippen molar-refractivity contribution in [1.29, 1.82) is 0 Å². The van der Waals surface area contributed by atoms with Crippen LogP contribution < -0.4 is 5.73 Å². The zero-order valence-corrected chi connectivity index (χ0v) is 25.2. The van der Waals surface area contributed by atoms with Gasteiger partial charge >= 0.3 is 23.9 Å². The molecule has 2 bridgehead atoms. The Morgan fingerprint density at radius 3 is 2.51 bits per heavy atom. The van der Waals surface area contributed by atoms with E-state index in [-0.39, 0.29) is 38.2 Å². The van der Waals surface area contributed by atoms with Crippen molar-refractivity contribution in [2.24, 2.45) is 34.3 Å². The number of fused-ring (bicyclic) bond motifs is 2. The normalized spacial score (nSPS) is 40.0. The number of methoxy groups -OCH3 is 2. The first kappa shape index (κ1) is 31.3. The number of Topliss-reactive ketones (excluding diaryl/α,β-unsaturated/α-hetero) is 1. The minimum Gasteiger partial charge on any atom is -0.467 e. The van der Waals surface area contributed by atoms with E-state index in [0.29, 0.717) is 11.1 Å². The lowest BCUT2D eigenvalue weighted by molar-refractivity contribution is -0.269. The van der Waals surface area contributed by atoms with Crippen molar-refractivity contribution in [3.63, 3.8) is 0 Å². The lowest BCUT2D eigenvalue weighted by Gasteiger charge is -2.66. The van der Waals surface area contributed by atoms with E-state index in [1.807, 2.05) is 6.92 Å². The predicted octanol–water partition coefficient (Wildman–Crippen LogP) is 0.505. The third-order valence-corrected chi connectivity index (χ3v) is 10.2. The molecule has 3 N–H and O–H groups in total. The SMILES string of the molecule is COC[C@H](N)C(=O)OC1=C(C)C2C[C@H]3OC(=O)[C@H](OC(=O)C=C(C)C)[C@@H]4[C@]35CO[C@]4(C(=O)OC)C[C@H](O)C5[C@@]2(C)CC1=O. The number of hydrogen-bond donors (Lipinski definition) is 2. The fourth-order valence-corrected chi connectivity index (χ4v) is 8.84. The zero-order valence-electron chi connectivity index (χ0n) is 25.2. The first-order chi connectivity index (χ1) is 20.2. The van der Waals surface area contributed by atoms with Crippen molar-refractivity contribution in [3.8, 4) is 0 Å². The Bertz CT molecular complexity index is 1320. The molecule has 236 valence electrons. The number of ketones is 1. The molecule has 2 saturated heterocycles. The molecule has 0 aromatic rings. The summed E-state index contributed by atoms with van der Waals surface area (Å²) in [6.07, 6.45) is -2.54. The number of rotatable bonds is 7. The third kappa shape index (κ3) is 4.46. The quantitative estimate of drug-likeness (QED) is 0.232. The minimum absolute atomic E-state index is 0.0992.